The van der Waals surface area contributed by atoms with Crippen molar-refractivity contribution in [3.05, 3.63) is 50.5 Å². The average molecular weight is 411 g/mol. The van der Waals surface area contributed by atoms with Crippen molar-refractivity contribution in [3.8, 4) is 5.75 Å². The number of amides is 2. The molecule has 140 valence electrons. The van der Waals surface area contributed by atoms with Crippen molar-refractivity contribution in [2.75, 3.05) is 16.8 Å². The Bertz CT molecular complexity index is 952. The Balaban J connectivity index is 1.88. The summed E-state index contributed by atoms with van der Waals surface area (Å²) in [5, 5.41) is 14.2. The van der Waals surface area contributed by atoms with Crippen molar-refractivity contribution >= 4 is 52.3 Å². The molecule has 1 aromatic carbocycles. The minimum atomic E-state index is -0.872. The number of carbonyl (C=O) groups is 2. The maximum Gasteiger partial charge on any atom is 0.366 e. The molecule has 0 saturated heterocycles. The fourth-order valence-electron chi connectivity index (χ4n) is 2.46. The molecule has 3 rings (SSSR count). The Labute approximate surface area is 163 Å². The van der Waals surface area contributed by atoms with E-state index in [1.165, 1.54) is 25.1 Å². The number of carbonyl (C=O) groups excluding carboxylic acids is 2. The number of fused-ring (bicyclic) bond motifs is 1. The highest BCUT2D eigenvalue weighted by atomic mass is 35.5. The summed E-state index contributed by atoms with van der Waals surface area (Å²) in [6.45, 7) is 1.07. The van der Waals surface area contributed by atoms with Crippen LogP contribution in [0.2, 0.25) is 10.0 Å². The monoisotopic (exact) mass is 410 g/mol. The SMILES string of the molecule is CC1Oc2ccc([N+](=O)[O-])nc2N(CC(=O)Nc2cc(Cl)ccc2Cl)C1=O. The lowest BCUT2D eigenvalue weighted by Gasteiger charge is -2.28. The third-order valence-corrected chi connectivity index (χ3v) is 4.25. The van der Waals surface area contributed by atoms with Crippen LogP contribution in [0.4, 0.5) is 17.3 Å². The van der Waals surface area contributed by atoms with E-state index >= 15 is 0 Å². The van der Waals surface area contributed by atoms with Crippen LogP contribution in [0.25, 0.3) is 0 Å². The second kappa shape index (κ2) is 7.37. The van der Waals surface area contributed by atoms with Gasteiger partial charge in [-0.25, -0.2) is 0 Å². The van der Waals surface area contributed by atoms with E-state index in [1.54, 1.807) is 6.07 Å². The van der Waals surface area contributed by atoms with Gasteiger partial charge in [0.1, 0.15) is 6.54 Å². The van der Waals surface area contributed by atoms with Gasteiger partial charge in [-0.3, -0.25) is 14.5 Å². The van der Waals surface area contributed by atoms with Gasteiger partial charge in [-0.1, -0.05) is 23.2 Å². The first-order valence-corrected chi connectivity index (χ1v) is 8.40. The first-order chi connectivity index (χ1) is 12.8. The lowest BCUT2D eigenvalue weighted by molar-refractivity contribution is -0.389. The molecular formula is C16H12Cl2N4O5. The second-order valence-electron chi connectivity index (χ2n) is 5.61. The molecule has 2 heterocycles. The van der Waals surface area contributed by atoms with E-state index in [-0.39, 0.29) is 22.3 Å². The molecule has 0 aliphatic carbocycles. The van der Waals surface area contributed by atoms with Gasteiger partial charge < -0.3 is 20.2 Å². The van der Waals surface area contributed by atoms with E-state index in [1.807, 2.05) is 0 Å². The van der Waals surface area contributed by atoms with E-state index in [0.717, 1.165) is 11.0 Å². The summed E-state index contributed by atoms with van der Waals surface area (Å²) in [5.41, 5.74) is 0.273. The van der Waals surface area contributed by atoms with Gasteiger partial charge in [0.05, 0.1) is 10.7 Å². The Morgan fingerprint density at radius 3 is 2.81 bits per heavy atom. The lowest BCUT2D eigenvalue weighted by atomic mass is 10.2. The molecular weight excluding hydrogens is 399 g/mol. The number of nitrogens with one attached hydrogen (secondary N) is 1. The minimum absolute atomic E-state index is 0.0976. The summed E-state index contributed by atoms with van der Waals surface area (Å²) in [5.74, 6) is -1.53. The standard InChI is InChI=1S/C16H12Cl2N4O5/c1-8-16(24)21(15-12(27-8)4-5-13(20-15)22(25)26)7-14(23)19-11-6-9(17)2-3-10(11)18/h2-6,8H,7H2,1H3,(H,19,23). The number of rotatable bonds is 4. The smallest absolute Gasteiger partial charge is 0.366 e. The predicted octanol–water partition coefficient (Wildman–Crippen LogP) is 3.05. The molecule has 0 saturated carbocycles. The van der Waals surface area contributed by atoms with Gasteiger partial charge in [0.25, 0.3) is 11.7 Å². The predicted molar refractivity (Wildman–Crippen MR) is 98.4 cm³/mol. The summed E-state index contributed by atoms with van der Waals surface area (Å²) in [4.78, 5) is 40.0. The molecule has 1 unspecified atom stereocenters. The molecule has 0 fully saturated rings. The lowest BCUT2D eigenvalue weighted by Crippen LogP contribution is -2.48. The summed E-state index contributed by atoms with van der Waals surface area (Å²) < 4.78 is 5.40. The molecule has 1 N–H and O–H groups in total. The first-order valence-electron chi connectivity index (χ1n) is 7.64. The summed E-state index contributed by atoms with van der Waals surface area (Å²) in [6, 6.07) is 7.03. The third-order valence-electron chi connectivity index (χ3n) is 3.69. The Morgan fingerprint density at radius 2 is 2.11 bits per heavy atom. The zero-order valence-corrected chi connectivity index (χ0v) is 15.3. The van der Waals surface area contributed by atoms with Crippen LogP contribution in [0.3, 0.4) is 0 Å². The number of hydrogen-bond acceptors (Lipinski definition) is 6. The van der Waals surface area contributed by atoms with Gasteiger partial charge in [0.2, 0.25) is 5.91 Å². The third kappa shape index (κ3) is 3.93. The Hall–Kier alpha value is -2.91. The van der Waals surface area contributed by atoms with Gasteiger partial charge in [0, 0.05) is 11.1 Å². The van der Waals surface area contributed by atoms with E-state index in [9.17, 15) is 19.7 Å². The molecule has 11 heteroatoms. The molecule has 9 nitrogen and oxygen atoms in total. The van der Waals surface area contributed by atoms with Crippen molar-refractivity contribution in [2.45, 2.75) is 13.0 Å². The second-order valence-corrected chi connectivity index (χ2v) is 6.45. The van der Waals surface area contributed by atoms with Gasteiger partial charge in [-0.15, -0.1) is 0 Å². The fourth-order valence-corrected chi connectivity index (χ4v) is 2.79. The van der Waals surface area contributed by atoms with Crippen LogP contribution in [-0.4, -0.2) is 34.4 Å². The first kappa shape index (κ1) is 18.9. The summed E-state index contributed by atoms with van der Waals surface area (Å²) in [7, 11) is 0. The van der Waals surface area contributed by atoms with Crippen molar-refractivity contribution < 1.29 is 19.2 Å². The summed E-state index contributed by atoms with van der Waals surface area (Å²) in [6.07, 6.45) is -0.872. The number of hydrogen-bond donors (Lipinski definition) is 1. The number of aromatic nitrogens is 1. The summed E-state index contributed by atoms with van der Waals surface area (Å²) >= 11 is 11.9. The Kier molecular flexibility index (Phi) is 5.15. The highest BCUT2D eigenvalue weighted by Crippen LogP contribution is 2.34. The van der Waals surface area contributed by atoms with Gasteiger partial charge in [0.15, 0.2) is 11.9 Å². The molecule has 2 aromatic rings. The topological polar surface area (TPSA) is 115 Å². The van der Waals surface area contributed by atoms with Crippen molar-refractivity contribution in [3.63, 3.8) is 0 Å². The highest BCUT2D eigenvalue weighted by molar-refractivity contribution is 6.35. The number of benzene rings is 1. The van der Waals surface area contributed by atoms with E-state index in [4.69, 9.17) is 27.9 Å². The van der Waals surface area contributed by atoms with E-state index in [2.05, 4.69) is 10.3 Å². The molecule has 1 aromatic heterocycles. The molecule has 1 aliphatic heterocycles. The number of nitro groups is 1. The normalized spacial score (nSPS) is 15.7. The fraction of sp³-hybridized carbons (Fsp3) is 0.188. The average Bonchev–Trinajstić information content (AvgIpc) is 2.61. The number of anilines is 2. The number of pyridine rings is 1. The van der Waals surface area contributed by atoms with Crippen LogP contribution >= 0.6 is 23.2 Å². The van der Waals surface area contributed by atoms with Crippen LogP contribution in [-0.2, 0) is 9.59 Å². The molecule has 0 spiro atoms. The van der Waals surface area contributed by atoms with Crippen LogP contribution in [0, 0.1) is 10.1 Å². The van der Waals surface area contributed by atoms with Crippen LogP contribution in [0.15, 0.2) is 30.3 Å². The number of ether oxygens (including phenoxy) is 1. The maximum atomic E-state index is 12.4. The van der Waals surface area contributed by atoms with Crippen LogP contribution < -0.4 is 15.0 Å². The van der Waals surface area contributed by atoms with Crippen molar-refractivity contribution in [2.24, 2.45) is 0 Å². The largest absolute Gasteiger partial charge is 0.475 e. The maximum absolute atomic E-state index is 12.4. The number of nitrogens with zero attached hydrogens (tertiary/aromatic N) is 3. The molecule has 27 heavy (non-hydrogen) atoms. The number of halogens is 2. The zero-order valence-electron chi connectivity index (χ0n) is 13.8. The van der Waals surface area contributed by atoms with E-state index in [0.29, 0.717) is 5.02 Å². The van der Waals surface area contributed by atoms with E-state index < -0.39 is 35.2 Å². The van der Waals surface area contributed by atoms with Crippen molar-refractivity contribution in [1.82, 2.24) is 4.98 Å². The molecule has 1 atom stereocenters. The zero-order chi connectivity index (χ0) is 19.7. The molecule has 1 aliphatic rings. The van der Waals surface area contributed by atoms with Gasteiger partial charge >= 0.3 is 5.82 Å². The molecule has 2 amide bonds. The highest BCUT2D eigenvalue weighted by Gasteiger charge is 2.37. The molecule has 0 radical (unpaired) electrons. The quantitative estimate of drug-likeness (QED) is 0.611. The Morgan fingerprint density at radius 1 is 1.37 bits per heavy atom. The van der Waals surface area contributed by atoms with Crippen LogP contribution in [0.5, 0.6) is 5.75 Å². The van der Waals surface area contributed by atoms with Gasteiger partial charge in [-0.05, 0) is 41.1 Å². The van der Waals surface area contributed by atoms with Gasteiger partial charge in [-0.2, -0.15) is 0 Å². The minimum Gasteiger partial charge on any atom is -0.475 e. The van der Waals surface area contributed by atoms with Crippen LogP contribution in [0.1, 0.15) is 6.92 Å². The van der Waals surface area contributed by atoms with Crippen molar-refractivity contribution in [1.29, 1.82) is 0 Å². The molecule has 0 bridgehead atoms.